The van der Waals surface area contributed by atoms with Crippen LogP contribution in [0.1, 0.15) is 18.4 Å². The van der Waals surface area contributed by atoms with Crippen LogP contribution in [-0.2, 0) is 4.79 Å². The highest BCUT2D eigenvalue weighted by atomic mass is 79.9. The molecule has 1 aromatic rings. The highest BCUT2D eigenvalue weighted by molar-refractivity contribution is 9.10. The van der Waals surface area contributed by atoms with Gasteiger partial charge < -0.3 is 10.0 Å². The fraction of sp³-hybridized carbons (Fsp3) is 0.286. The molecule has 0 spiro atoms. The van der Waals surface area contributed by atoms with E-state index in [1.807, 2.05) is 0 Å². The predicted molar refractivity (Wildman–Crippen MR) is 84.6 cm³/mol. The maximum atomic E-state index is 11.9. The number of aliphatic imine (C=N–C) groups is 1. The van der Waals surface area contributed by atoms with Gasteiger partial charge in [-0.15, -0.1) is 0 Å². The summed E-state index contributed by atoms with van der Waals surface area (Å²) < 4.78 is 0.860. The van der Waals surface area contributed by atoms with E-state index in [4.69, 9.17) is 0 Å². The van der Waals surface area contributed by atoms with E-state index >= 15 is 0 Å². The number of hydrogen-bond acceptors (Lipinski definition) is 4. The van der Waals surface area contributed by atoms with Gasteiger partial charge in [0, 0.05) is 23.1 Å². The molecule has 1 amide bonds. The molecule has 3 rings (SSSR count). The molecule has 1 saturated heterocycles. The Hall–Kier alpha value is -1.27. The zero-order chi connectivity index (χ0) is 14.1. The molecule has 0 aliphatic carbocycles. The van der Waals surface area contributed by atoms with Crippen molar-refractivity contribution in [2.45, 2.75) is 12.8 Å². The van der Waals surface area contributed by atoms with Gasteiger partial charge in [-0.2, -0.15) is 4.99 Å². The molecule has 2 heterocycles. The molecule has 104 valence electrons. The average Bonchev–Trinajstić information content (AvgIpc) is 3.04. The topological polar surface area (TPSA) is 52.9 Å². The summed E-state index contributed by atoms with van der Waals surface area (Å²) in [6.45, 7) is 1.93. The number of phenolic OH excluding ortho intramolecular Hbond substituents is 1. The number of likely N-dealkylation sites (tertiary alicyclic amines) is 1. The number of halogens is 1. The number of thioether (sulfide) groups is 1. The Kier molecular flexibility index (Phi) is 3.85. The number of amidine groups is 1. The number of carbonyl (C=O) groups excluding carboxylic acids is 1. The third kappa shape index (κ3) is 2.76. The summed E-state index contributed by atoms with van der Waals surface area (Å²) in [5, 5.41) is 10.6. The largest absolute Gasteiger partial charge is 0.507 e. The van der Waals surface area contributed by atoms with Crippen molar-refractivity contribution >= 4 is 44.8 Å². The fourth-order valence-electron chi connectivity index (χ4n) is 2.22. The van der Waals surface area contributed by atoms with E-state index in [9.17, 15) is 9.90 Å². The summed E-state index contributed by atoms with van der Waals surface area (Å²) in [5.41, 5.74) is 0.619. The minimum atomic E-state index is -0.226. The van der Waals surface area contributed by atoms with Crippen LogP contribution in [0.3, 0.4) is 0 Å². The molecule has 2 aliphatic heterocycles. The zero-order valence-corrected chi connectivity index (χ0v) is 13.1. The summed E-state index contributed by atoms with van der Waals surface area (Å²) in [7, 11) is 0. The first kappa shape index (κ1) is 13.7. The molecule has 1 N–H and O–H groups in total. The zero-order valence-electron chi connectivity index (χ0n) is 10.7. The summed E-state index contributed by atoms with van der Waals surface area (Å²) in [5.74, 6) is -0.0694. The lowest BCUT2D eigenvalue weighted by molar-refractivity contribution is -0.113. The minimum absolute atomic E-state index is 0.156. The Morgan fingerprint density at radius 1 is 1.35 bits per heavy atom. The molecule has 1 aromatic carbocycles. The van der Waals surface area contributed by atoms with Crippen LogP contribution in [0.5, 0.6) is 5.75 Å². The second-order valence-electron chi connectivity index (χ2n) is 4.71. The molecule has 0 aromatic heterocycles. The van der Waals surface area contributed by atoms with Crippen molar-refractivity contribution in [1.82, 2.24) is 4.90 Å². The van der Waals surface area contributed by atoms with Crippen molar-refractivity contribution in [1.29, 1.82) is 0 Å². The molecule has 6 heteroatoms. The van der Waals surface area contributed by atoms with Crippen LogP contribution in [0.15, 0.2) is 32.6 Å². The van der Waals surface area contributed by atoms with Crippen molar-refractivity contribution in [2.75, 3.05) is 13.1 Å². The first-order chi connectivity index (χ1) is 9.63. The monoisotopic (exact) mass is 352 g/mol. The Bertz CT molecular complexity index is 622. The van der Waals surface area contributed by atoms with E-state index in [2.05, 4.69) is 25.8 Å². The van der Waals surface area contributed by atoms with Crippen molar-refractivity contribution in [3.8, 4) is 5.75 Å². The molecular formula is C14H13BrN2O2S. The molecule has 2 aliphatic rings. The highest BCUT2D eigenvalue weighted by Gasteiger charge is 2.27. The van der Waals surface area contributed by atoms with Gasteiger partial charge in [0.25, 0.3) is 5.91 Å². The Balaban J connectivity index is 1.83. The van der Waals surface area contributed by atoms with Crippen molar-refractivity contribution < 1.29 is 9.90 Å². The number of hydrogen-bond donors (Lipinski definition) is 1. The van der Waals surface area contributed by atoms with Crippen LogP contribution in [0, 0.1) is 0 Å². The van der Waals surface area contributed by atoms with Gasteiger partial charge in [-0.05, 0) is 48.9 Å². The van der Waals surface area contributed by atoms with Gasteiger partial charge in [-0.1, -0.05) is 15.9 Å². The Morgan fingerprint density at radius 3 is 2.85 bits per heavy atom. The summed E-state index contributed by atoms with van der Waals surface area (Å²) >= 11 is 4.74. The molecular weight excluding hydrogens is 340 g/mol. The molecule has 0 saturated carbocycles. The quantitative estimate of drug-likeness (QED) is 0.788. The first-order valence-electron chi connectivity index (χ1n) is 6.39. The molecule has 20 heavy (non-hydrogen) atoms. The predicted octanol–water partition coefficient (Wildman–Crippen LogP) is 3.22. The van der Waals surface area contributed by atoms with Gasteiger partial charge in [0.15, 0.2) is 5.17 Å². The number of phenols is 1. The number of carbonyl (C=O) groups is 1. The van der Waals surface area contributed by atoms with Gasteiger partial charge in [0.05, 0.1) is 4.91 Å². The van der Waals surface area contributed by atoms with Crippen LogP contribution in [0.4, 0.5) is 0 Å². The van der Waals surface area contributed by atoms with E-state index in [-0.39, 0.29) is 11.7 Å². The SMILES string of the molecule is O=C1N=C(N2CCCC2)S/C1=C\c1cc(Br)ccc1O. The number of rotatable bonds is 1. The van der Waals surface area contributed by atoms with Crippen LogP contribution in [0.25, 0.3) is 6.08 Å². The maximum Gasteiger partial charge on any atom is 0.286 e. The molecule has 0 unspecified atom stereocenters. The minimum Gasteiger partial charge on any atom is -0.507 e. The first-order valence-corrected chi connectivity index (χ1v) is 8.00. The summed E-state index contributed by atoms with van der Waals surface area (Å²) in [6.07, 6.45) is 4.00. The Morgan fingerprint density at radius 2 is 2.10 bits per heavy atom. The van der Waals surface area contributed by atoms with Crippen molar-refractivity contribution in [3.63, 3.8) is 0 Å². The molecule has 1 fully saturated rings. The van der Waals surface area contributed by atoms with Gasteiger partial charge in [0.1, 0.15) is 5.75 Å². The molecule has 4 nitrogen and oxygen atoms in total. The number of aromatic hydroxyl groups is 1. The number of nitrogens with zero attached hydrogens (tertiary/aromatic N) is 2. The smallest absolute Gasteiger partial charge is 0.286 e. The van der Waals surface area contributed by atoms with E-state index in [0.29, 0.717) is 10.5 Å². The molecule has 0 radical (unpaired) electrons. The van der Waals surface area contributed by atoms with Gasteiger partial charge in [0.2, 0.25) is 0 Å². The summed E-state index contributed by atoms with van der Waals surface area (Å²) in [6, 6.07) is 5.14. The summed E-state index contributed by atoms with van der Waals surface area (Å²) in [4.78, 5) is 18.7. The lowest BCUT2D eigenvalue weighted by Gasteiger charge is -2.14. The third-order valence-corrected chi connectivity index (χ3v) is 4.80. The molecule has 0 bridgehead atoms. The standard InChI is InChI=1S/C14H13BrN2O2S/c15-10-3-4-11(18)9(7-10)8-12-13(19)16-14(20-12)17-5-1-2-6-17/h3-4,7-8,18H,1-2,5-6H2/b12-8-. The van der Waals surface area contributed by atoms with E-state index in [0.717, 1.165) is 35.6 Å². The lowest BCUT2D eigenvalue weighted by Crippen LogP contribution is -2.23. The van der Waals surface area contributed by atoms with Crippen molar-refractivity contribution in [3.05, 3.63) is 33.1 Å². The number of amides is 1. The molecule has 0 atom stereocenters. The third-order valence-electron chi connectivity index (χ3n) is 3.26. The van der Waals surface area contributed by atoms with Crippen LogP contribution >= 0.6 is 27.7 Å². The van der Waals surface area contributed by atoms with E-state index in [1.54, 1.807) is 24.3 Å². The van der Waals surface area contributed by atoms with Gasteiger partial charge in [-0.25, -0.2) is 0 Å². The van der Waals surface area contributed by atoms with Crippen LogP contribution < -0.4 is 0 Å². The number of benzene rings is 1. The normalized spacial score (nSPS) is 20.9. The lowest BCUT2D eigenvalue weighted by atomic mass is 10.2. The average molecular weight is 353 g/mol. The van der Waals surface area contributed by atoms with Crippen molar-refractivity contribution in [2.24, 2.45) is 4.99 Å². The van der Waals surface area contributed by atoms with Gasteiger partial charge >= 0.3 is 0 Å². The van der Waals surface area contributed by atoms with E-state index < -0.39 is 0 Å². The van der Waals surface area contributed by atoms with E-state index in [1.165, 1.54) is 11.8 Å². The van der Waals surface area contributed by atoms with Gasteiger partial charge in [-0.3, -0.25) is 4.79 Å². The maximum absolute atomic E-state index is 11.9. The fourth-order valence-corrected chi connectivity index (χ4v) is 3.56. The Labute approximate surface area is 129 Å². The van der Waals surface area contributed by atoms with Crippen LogP contribution in [-0.4, -0.2) is 34.2 Å². The second kappa shape index (κ2) is 5.61. The highest BCUT2D eigenvalue weighted by Crippen LogP contribution is 2.33. The van der Waals surface area contributed by atoms with Crippen LogP contribution in [0.2, 0.25) is 0 Å². The second-order valence-corrected chi connectivity index (χ2v) is 6.63.